The molecule has 1 amide bonds. The Hall–Kier alpha value is -1.91. The molecule has 4 nitrogen and oxygen atoms in total. The number of nitrogens with two attached hydrogens (primary N) is 1. The molecule has 0 saturated heterocycles. The van der Waals surface area contributed by atoms with E-state index < -0.39 is 6.10 Å². The number of hydrogen-bond acceptors (Lipinski definition) is 3. The van der Waals surface area contributed by atoms with Crippen molar-refractivity contribution in [3.05, 3.63) is 60.7 Å². The lowest BCUT2D eigenvalue weighted by molar-refractivity contribution is -0.131. The largest absolute Gasteiger partial charge is 0.364 e. The van der Waals surface area contributed by atoms with E-state index in [0.717, 1.165) is 5.56 Å². The summed E-state index contributed by atoms with van der Waals surface area (Å²) >= 11 is 0. The van der Waals surface area contributed by atoms with Crippen LogP contribution in [0.5, 0.6) is 0 Å². The van der Waals surface area contributed by atoms with E-state index in [1.807, 2.05) is 36.4 Å². The Kier molecular flexibility index (Phi) is 8.03. The van der Waals surface area contributed by atoms with E-state index in [2.05, 4.69) is 11.9 Å². The lowest BCUT2D eigenvalue weighted by Crippen LogP contribution is -2.38. The molecule has 0 aliphatic heterocycles. The zero-order valence-electron chi connectivity index (χ0n) is 11.6. The third-order valence-electron chi connectivity index (χ3n) is 2.67. The maximum absolute atomic E-state index is 12.1. The second-order valence-corrected chi connectivity index (χ2v) is 4.25. The van der Waals surface area contributed by atoms with Crippen molar-refractivity contribution in [1.29, 1.82) is 0 Å². The lowest BCUT2D eigenvalue weighted by atomic mass is 10.1. The van der Waals surface area contributed by atoms with Gasteiger partial charge in [-0.05, 0) is 5.56 Å². The van der Waals surface area contributed by atoms with Crippen molar-refractivity contribution < 1.29 is 9.53 Å². The third-order valence-corrected chi connectivity index (χ3v) is 2.67. The van der Waals surface area contributed by atoms with Crippen LogP contribution < -0.4 is 11.1 Å². The first-order chi connectivity index (χ1) is 9.77. The maximum atomic E-state index is 12.1. The summed E-state index contributed by atoms with van der Waals surface area (Å²) in [5.74, 6) is -0.127. The van der Waals surface area contributed by atoms with Gasteiger partial charge in [0.15, 0.2) is 0 Å². The summed E-state index contributed by atoms with van der Waals surface area (Å²) in [5.41, 5.74) is 6.40. The molecule has 3 N–H and O–H groups in total. The van der Waals surface area contributed by atoms with Crippen molar-refractivity contribution in [2.75, 3.05) is 19.7 Å². The molecule has 0 aliphatic rings. The highest BCUT2D eigenvalue weighted by atomic mass is 16.5. The van der Waals surface area contributed by atoms with Gasteiger partial charge in [0.05, 0.1) is 6.61 Å². The van der Waals surface area contributed by atoms with Gasteiger partial charge in [-0.15, -0.1) is 6.58 Å². The van der Waals surface area contributed by atoms with Crippen LogP contribution in [-0.4, -0.2) is 31.7 Å². The molecule has 1 unspecified atom stereocenters. The SMILES string of the molecule is C=CCOC(Cc1ccccc1)C(=O)NCC=CCN. The molecule has 0 radical (unpaired) electrons. The average molecular weight is 274 g/mol. The lowest BCUT2D eigenvalue weighted by Gasteiger charge is -2.16. The van der Waals surface area contributed by atoms with Gasteiger partial charge in [-0.1, -0.05) is 48.6 Å². The molecular formula is C16H22N2O2. The number of ether oxygens (including phenoxy) is 1. The fourth-order valence-electron chi connectivity index (χ4n) is 1.69. The summed E-state index contributed by atoms with van der Waals surface area (Å²) in [6.45, 7) is 4.88. The normalized spacial score (nSPS) is 12.2. The van der Waals surface area contributed by atoms with Crippen LogP contribution in [0, 0.1) is 0 Å². The van der Waals surface area contributed by atoms with E-state index >= 15 is 0 Å². The molecule has 4 heteroatoms. The van der Waals surface area contributed by atoms with Gasteiger partial charge >= 0.3 is 0 Å². The number of carbonyl (C=O) groups is 1. The number of amides is 1. The number of carbonyl (C=O) groups excluding carboxylic acids is 1. The van der Waals surface area contributed by atoms with Crippen LogP contribution in [0.4, 0.5) is 0 Å². The zero-order chi connectivity index (χ0) is 14.6. The van der Waals surface area contributed by atoms with Crippen molar-refractivity contribution in [1.82, 2.24) is 5.32 Å². The van der Waals surface area contributed by atoms with E-state index in [1.165, 1.54) is 0 Å². The Morgan fingerprint density at radius 3 is 2.75 bits per heavy atom. The first kappa shape index (κ1) is 16.1. The van der Waals surface area contributed by atoms with Gasteiger partial charge in [0.2, 0.25) is 5.91 Å². The van der Waals surface area contributed by atoms with Gasteiger partial charge in [0.25, 0.3) is 0 Å². The molecule has 1 aromatic rings. The van der Waals surface area contributed by atoms with E-state index in [0.29, 0.717) is 26.1 Å². The van der Waals surface area contributed by atoms with Gasteiger partial charge in [0.1, 0.15) is 6.10 Å². The van der Waals surface area contributed by atoms with Gasteiger partial charge in [-0.2, -0.15) is 0 Å². The molecule has 0 spiro atoms. The minimum atomic E-state index is -0.512. The van der Waals surface area contributed by atoms with Crippen LogP contribution in [0.2, 0.25) is 0 Å². The fourth-order valence-corrected chi connectivity index (χ4v) is 1.69. The Labute approximate surface area is 120 Å². The van der Waals surface area contributed by atoms with Crippen molar-refractivity contribution in [2.45, 2.75) is 12.5 Å². The minimum Gasteiger partial charge on any atom is -0.364 e. The molecule has 1 rings (SSSR count). The first-order valence-corrected chi connectivity index (χ1v) is 6.67. The molecular weight excluding hydrogens is 252 g/mol. The summed E-state index contributed by atoms with van der Waals surface area (Å²) in [6.07, 6.45) is 5.30. The third kappa shape index (κ3) is 6.31. The van der Waals surface area contributed by atoms with Crippen LogP contribution in [-0.2, 0) is 16.0 Å². The molecule has 0 fully saturated rings. The highest BCUT2D eigenvalue weighted by Gasteiger charge is 2.18. The number of benzene rings is 1. The molecule has 108 valence electrons. The molecule has 0 aliphatic carbocycles. The number of hydrogen-bond donors (Lipinski definition) is 2. The van der Waals surface area contributed by atoms with Crippen molar-refractivity contribution in [3.8, 4) is 0 Å². The van der Waals surface area contributed by atoms with E-state index in [1.54, 1.807) is 12.2 Å². The molecule has 1 aromatic carbocycles. The minimum absolute atomic E-state index is 0.127. The predicted molar refractivity (Wildman–Crippen MR) is 81.3 cm³/mol. The molecule has 0 aromatic heterocycles. The summed E-state index contributed by atoms with van der Waals surface area (Å²) in [6, 6.07) is 9.79. The highest BCUT2D eigenvalue weighted by Crippen LogP contribution is 2.06. The van der Waals surface area contributed by atoms with Crippen LogP contribution >= 0.6 is 0 Å². The van der Waals surface area contributed by atoms with Crippen LogP contribution in [0.3, 0.4) is 0 Å². The van der Waals surface area contributed by atoms with Crippen LogP contribution in [0.15, 0.2) is 55.1 Å². The summed E-state index contributed by atoms with van der Waals surface area (Å²) < 4.78 is 5.54. The Morgan fingerprint density at radius 1 is 1.35 bits per heavy atom. The summed E-state index contributed by atoms with van der Waals surface area (Å²) in [5, 5.41) is 2.81. The van der Waals surface area contributed by atoms with E-state index in [-0.39, 0.29) is 5.91 Å². The molecule has 20 heavy (non-hydrogen) atoms. The molecule has 0 heterocycles. The summed E-state index contributed by atoms with van der Waals surface area (Å²) in [4.78, 5) is 12.1. The maximum Gasteiger partial charge on any atom is 0.249 e. The van der Waals surface area contributed by atoms with Gasteiger partial charge in [0, 0.05) is 19.5 Å². The van der Waals surface area contributed by atoms with Gasteiger partial charge in [-0.3, -0.25) is 4.79 Å². The fraction of sp³-hybridized carbons (Fsp3) is 0.312. The smallest absolute Gasteiger partial charge is 0.249 e. The average Bonchev–Trinajstić information content (AvgIpc) is 2.48. The monoisotopic (exact) mass is 274 g/mol. The summed E-state index contributed by atoms with van der Waals surface area (Å²) in [7, 11) is 0. The molecule has 1 atom stereocenters. The van der Waals surface area contributed by atoms with Gasteiger partial charge < -0.3 is 15.8 Å². The van der Waals surface area contributed by atoms with Crippen LogP contribution in [0.25, 0.3) is 0 Å². The standard InChI is InChI=1S/C16H22N2O2/c1-2-12-20-15(13-14-8-4-3-5-9-14)16(19)18-11-7-6-10-17/h2-9,15H,1,10-13,17H2,(H,18,19). The van der Waals surface area contributed by atoms with E-state index in [4.69, 9.17) is 10.5 Å². The Morgan fingerprint density at radius 2 is 2.10 bits per heavy atom. The van der Waals surface area contributed by atoms with E-state index in [9.17, 15) is 4.79 Å². The molecule has 0 saturated carbocycles. The van der Waals surface area contributed by atoms with Gasteiger partial charge in [-0.25, -0.2) is 0 Å². The van der Waals surface area contributed by atoms with Crippen molar-refractivity contribution >= 4 is 5.91 Å². The zero-order valence-corrected chi connectivity index (χ0v) is 11.6. The Balaban J connectivity index is 2.56. The quantitative estimate of drug-likeness (QED) is 0.670. The first-order valence-electron chi connectivity index (χ1n) is 6.67. The number of nitrogens with one attached hydrogen (secondary N) is 1. The highest BCUT2D eigenvalue weighted by molar-refractivity contribution is 5.81. The predicted octanol–water partition coefficient (Wildman–Crippen LogP) is 1.43. The Bertz CT molecular complexity index is 429. The van der Waals surface area contributed by atoms with Crippen molar-refractivity contribution in [2.24, 2.45) is 5.73 Å². The second-order valence-electron chi connectivity index (χ2n) is 4.25. The molecule has 0 bridgehead atoms. The topological polar surface area (TPSA) is 64.3 Å². The van der Waals surface area contributed by atoms with Crippen molar-refractivity contribution in [3.63, 3.8) is 0 Å². The second kappa shape index (κ2) is 9.95. The van der Waals surface area contributed by atoms with Crippen LogP contribution in [0.1, 0.15) is 5.56 Å². The number of rotatable bonds is 9.